The van der Waals surface area contributed by atoms with E-state index in [-0.39, 0.29) is 5.56 Å². The zero-order valence-corrected chi connectivity index (χ0v) is 10.4. The van der Waals surface area contributed by atoms with Crippen molar-refractivity contribution in [2.75, 3.05) is 5.73 Å². The third-order valence-electron chi connectivity index (χ3n) is 2.70. The van der Waals surface area contributed by atoms with Crippen molar-refractivity contribution in [3.63, 3.8) is 0 Å². The summed E-state index contributed by atoms with van der Waals surface area (Å²) in [6.07, 6.45) is 0.565. The zero-order chi connectivity index (χ0) is 13.3. The van der Waals surface area contributed by atoms with E-state index in [1.165, 1.54) is 12.1 Å². The van der Waals surface area contributed by atoms with E-state index < -0.39 is 11.6 Å². The summed E-state index contributed by atoms with van der Waals surface area (Å²) in [5.74, 6) is -1.81. The van der Waals surface area contributed by atoms with E-state index in [1.54, 1.807) is 0 Å². The number of anilines is 1. The standard InChI is InChI=1S/C13H10F2N2S/c1-2-7-12(17)10(6-16)18-13(7)8-4-3-5-9(14)11(8)15/h3-5H,2,17H2,1H3. The molecule has 0 fully saturated rings. The summed E-state index contributed by atoms with van der Waals surface area (Å²) in [5, 5.41) is 8.94. The number of nitrogen functional groups attached to an aromatic ring is 1. The second-order valence-corrected chi connectivity index (χ2v) is 4.74. The Kier molecular flexibility index (Phi) is 3.30. The summed E-state index contributed by atoms with van der Waals surface area (Å²) in [6.45, 7) is 1.86. The Labute approximate surface area is 107 Å². The molecule has 5 heteroatoms. The fraction of sp³-hybridized carbons (Fsp3) is 0.154. The van der Waals surface area contributed by atoms with Gasteiger partial charge in [0.1, 0.15) is 10.9 Å². The molecule has 0 spiro atoms. The van der Waals surface area contributed by atoms with Crippen LogP contribution in [-0.4, -0.2) is 0 Å². The summed E-state index contributed by atoms with van der Waals surface area (Å²) < 4.78 is 27.0. The van der Waals surface area contributed by atoms with Gasteiger partial charge < -0.3 is 5.73 Å². The van der Waals surface area contributed by atoms with Crippen LogP contribution in [0.2, 0.25) is 0 Å². The van der Waals surface area contributed by atoms with Gasteiger partial charge in [-0.3, -0.25) is 0 Å². The Bertz CT molecular complexity index is 641. The van der Waals surface area contributed by atoms with Gasteiger partial charge in [-0.05, 0) is 18.1 Å². The lowest BCUT2D eigenvalue weighted by Crippen LogP contribution is -1.93. The monoisotopic (exact) mass is 264 g/mol. The second kappa shape index (κ2) is 4.75. The van der Waals surface area contributed by atoms with Gasteiger partial charge in [0.2, 0.25) is 0 Å². The fourth-order valence-electron chi connectivity index (χ4n) is 1.81. The number of rotatable bonds is 2. The molecule has 0 saturated carbocycles. The Morgan fingerprint density at radius 1 is 1.39 bits per heavy atom. The second-order valence-electron chi connectivity index (χ2n) is 3.72. The maximum Gasteiger partial charge on any atom is 0.167 e. The smallest absolute Gasteiger partial charge is 0.167 e. The van der Waals surface area contributed by atoms with E-state index in [0.717, 1.165) is 17.4 Å². The van der Waals surface area contributed by atoms with E-state index in [2.05, 4.69) is 0 Å². The molecule has 0 saturated heterocycles. The lowest BCUT2D eigenvalue weighted by atomic mass is 10.1. The number of nitrogens with two attached hydrogens (primary N) is 1. The molecule has 0 unspecified atom stereocenters. The molecule has 0 radical (unpaired) electrons. The molecule has 0 bridgehead atoms. The highest BCUT2D eigenvalue weighted by molar-refractivity contribution is 7.16. The Morgan fingerprint density at radius 3 is 2.72 bits per heavy atom. The third kappa shape index (κ3) is 1.85. The molecule has 0 aliphatic rings. The SMILES string of the molecule is CCc1c(-c2cccc(F)c2F)sc(C#N)c1N. The van der Waals surface area contributed by atoms with Crippen molar-refractivity contribution in [1.29, 1.82) is 5.26 Å². The Hall–Kier alpha value is -1.93. The molecule has 2 nitrogen and oxygen atoms in total. The average molecular weight is 264 g/mol. The van der Waals surface area contributed by atoms with Crippen LogP contribution in [-0.2, 0) is 6.42 Å². The molecule has 1 heterocycles. The van der Waals surface area contributed by atoms with Crippen LogP contribution in [0.5, 0.6) is 0 Å². The number of hydrogen-bond donors (Lipinski definition) is 1. The quantitative estimate of drug-likeness (QED) is 0.898. The van der Waals surface area contributed by atoms with Crippen molar-refractivity contribution in [2.24, 2.45) is 0 Å². The van der Waals surface area contributed by atoms with Crippen LogP contribution in [0.1, 0.15) is 17.4 Å². The molecule has 2 rings (SSSR count). The lowest BCUT2D eigenvalue weighted by Gasteiger charge is -2.04. The average Bonchev–Trinajstić information content (AvgIpc) is 2.69. The molecule has 92 valence electrons. The van der Waals surface area contributed by atoms with Gasteiger partial charge in [0.25, 0.3) is 0 Å². The van der Waals surface area contributed by atoms with Gasteiger partial charge in [0.15, 0.2) is 11.6 Å². The summed E-state index contributed by atoms with van der Waals surface area (Å²) in [4.78, 5) is 0.870. The maximum atomic E-state index is 13.8. The van der Waals surface area contributed by atoms with E-state index in [9.17, 15) is 8.78 Å². The minimum atomic E-state index is -0.905. The number of nitriles is 1. The first-order chi connectivity index (χ1) is 8.60. The van der Waals surface area contributed by atoms with Crippen LogP contribution in [0.25, 0.3) is 10.4 Å². The van der Waals surface area contributed by atoms with E-state index in [4.69, 9.17) is 11.0 Å². The first-order valence-electron chi connectivity index (χ1n) is 5.35. The normalized spacial score (nSPS) is 10.3. The zero-order valence-electron chi connectivity index (χ0n) is 9.63. The molecular weight excluding hydrogens is 254 g/mol. The highest BCUT2D eigenvalue weighted by Crippen LogP contribution is 2.39. The van der Waals surface area contributed by atoms with Gasteiger partial charge in [-0.25, -0.2) is 8.78 Å². The van der Waals surface area contributed by atoms with E-state index in [0.29, 0.717) is 27.4 Å². The van der Waals surface area contributed by atoms with Gasteiger partial charge in [0.05, 0.1) is 5.69 Å². The summed E-state index contributed by atoms with van der Waals surface area (Å²) in [5.41, 5.74) is 7.04. The summed E-state index contributed by atoms with van der Waals surface area (Å²) in [7, 11) is 0. The summed E-state index contributed by atoms with van der Waals surface area (Å²) >= 11 is 1.09. The molecule has 0 aliphatic heterocycles. The van der Waals surface area contributed by atoms with Crippen LogP contribution >= 0.6 is 11.3 Å². The molecule has 1 aromatic carbocycles. The van der Waals surface area contributed by atoms with Crippen molar-refractivity contribution < 1.29 is 8.78 Å². The largest absolute Gasteiger partial charge is 0.397 e. The first-order valence-corrected chi connectivity index (χ1v) is 6.17. The van der Waals surface area contributed by atoms with Gasteiger partial charge in [-0.2, -0.15) is 5.26 Å². The van der Waals surface area contributed by atoms with Gasteiger partial charge in [0, 0.05) is 10.4 Å². The highest BCUT2D eigenvalue weighted by Gasteiger charge is 2.19. The molecule has 18 heavy (non-hydrogen) atoms. The highest BCUT2D eigenvalue weighted by atomic mass is 32.1. The van der Waals surface area contributed by atoms with E-state index in [1.807, 2.05) is 13.0 Å². The predicted octanol–water partition coefficient (Wildman–Crippen LogP) is 3.71. The van der Waals surface area contributed by atoms with Crippen molar-refractivity contribution in [3.8, 4) is 16.5 Å². The van der Waals surface area contributed by atoms with E-state index >= 15 is 0 Å². The van der Waals surface area contributed by atoms with Crippen LogP contribution in [0.4, 0.5) is 14.5 Å². The Morgan fingerprint density at radius 2 is 2.11 bits per heavy atom. The van der Waals surface area contributed by atoms with Gasteiger partial charge >= 0.3 is 0 Å². The Balaban J connectivity index is 2.72. The lowest BCUT2D eigenvalue weighted by molar-refractivity contribution is 0.511. The van der Waals surface area contributed by atoms with Crippen LogP contribution in [0, 0.1) is 23.0 Å². The number of hydrogen-bond acceptors (Lipinski definition) is 3. The number of thiophene rings is 1. The number of benzene rings is 1. The molecular formula is C13H10F2N2S. The molecule has 1 aromatic heterocycles. The van der Waals surface area contributed by atoms with Crippen molar-refractivity contribution in [1.82, 2.24) is 0 Å². The first kappa shape index (κ1) is 12.5. The van der Waals surface area contributed by atoms with Crippen LogP contribution in [0.15, 0.2) is 18.2 Å². The maximum absolute atomic E-state index is 13.8. The van der Waals surface area contributed by atoms with Crippen molar-refractivity contribution in [2.45, 2.75) is 13.3 Å². The minimum Gasteiger partial charge on any atom is -0.397 e. The molecule has 0 aliphatic carbocycles. The summed E-state index contributed by atoms with van der Waals surface area (Å²) in [6, 6.07) is 5.96. The molecule has 0 amide bonds. The van der Waals surface area contributed by atoms with Crippen molar-refractivity contribution >= 4 is 17.0 Å². The molecule has 2 aromatic rings. The molecule has 2 N–H and O–H groups in total. The third-order valence-corrected chi connectivity index (χ3v) is 3.89. The molecule has 0 atom stereocenters. The van der Waals surface area contributed by atoms with Gasteiger partial charge in [-0.1, -0.05) is 19.1 Å². The van der Waals surface area contributed by atoms with Crippen LogP contribution < -0.4 is 5.73 Å². The van der Waals surface area contributed by atoms with Crippen LogP contribution in [0.3, 0.4) is 0 Å². The van der Waals surface area contributed by atoms with Crippen molar-refractivity contribution in [3.05, 3.63) is 40.3 Å². The predicted molar refractivity (Wildman–Crippen MR) is 68.2 cm³/mol. The minimum absolute atomic E-state index is 0.157. The number of nitrogens with zero attached hydrogens (tertiary/aromatic N) is 1. The van der Waals surface area contributed by atoms with Gasteiger partial charge in [-0.15, -0.1) is 11.3 Å². The fourth-order valence-corrected chi connectivity index (χ4v) is 2.94. The number of halogens is 2. The topological polar surface area (TPSA) is 49.8 Å².